The van der Waals surface area contributed by atoms with Crippen molar-refractivity contribution in [2.45, 2.75) is 24.9 Å². The number of carbonyl (C=O) groups is 1. The Morgan fingerprint density at radius 1 is 1.43 bits per heavy atom. The molecule has 0 bridgehead atoms. The fourth-order valence-electron chi connectivity index (χ4n) is 3.18. The van der Waals surface area contributed by atoms with E-state index in [-0.39, 0.29) is 5.91 Å². The summed E-state index contributed by atoms with van der Waals surface area (Å²) in [5.41, 5.74) is 8.11. The number of rotatable bonds is 4. The van der Waals surface area contributed by atoms with Crippen LogP contribution in [-0.2, 0) is 23.3 Å². The fraction of sp³-hybridized carbons (Fsp3) is 0.353. The van der Waals surface area contributed by atoms with E-state index in [4.69, 9.17) is 10.5 Å². The summed E-state index contributed by atoms with van der Waals surface area (Å²) < 4.78 is 5.39. The Morgan fingerprint density at radius 3 is 2.96 bits per heavy atom. The summed E-state index contributed by atoms with van der Waals surface area (Å²) in [6.45, 7) is 0.380. The molecule has 1 atom stereocenters. The number of benzene rings is 1. The van der Waals surface area contributed by atoms with Gasteiger partial charge < -0.3 is 15.4 Å². The van der Waals surface area contributed by atoms with E-state index in [1.807, 2.05) is 18.2 Å². The molecule has 3 rings (SSSR count). The third-order valence-corrected chi connectivity index (χ3v) is 4.35. The molecule has 0 spiro atoms. The van der Waals surface area contributed by atoms with Crippen LogP contribution in [0, 0.1) is 0 Å². The number of aromatic nitrogens is 2. The van der Waals surface area contributed by atoms with E-state index < -0.39 is 5.54 Å². The lowest BCUT2D eigenvalue weighted by atomic mass is 9.91. The second-order valence-corrected chi connectivity index (χ2v) is 5.82. The highest BCUT2D eigenvalue weighted by Gasteiger charge is 2.44. The maximum absolute atomic E-state index is 12.9. The van der Waals surface area contributed by atoms with Crippen molar-refractivity contribution in [2.24, 2.45) is 5.73 Å². The molecule has 0 fully saturated rings. The topological polar surface area (TPSA) is 81.3 Å². The fourth-order valence-corrected chi connectivity index (χ4v) is 3.18. The zero-order valence-corrected chi connectivity index (χ0v) is 13.3. The van der Waals surface area contributed by atoms with Crippen molar-refractivity contribution in [3.63, 3.8) is 0 Å². The maximum Gasteiger partial charge on any atom is 0.247 e. The molecule has 1 aliphatic carbocycles. The molecular formula is C17H20N4O2. The lowest BCUT2D eigenvalue weighted by Gasteiger charge is -2.29. The molecule has 1 aromatic heterocycles. The predicted octanol–water partition coefficient (Wildman–Crippen LogP) is 1.24. The van der Waals surface area contributed by atoms with E-state index in [0.29, 0.717) is 13.0 Å². The predicted molar refractivity (Wildman–Crippen MR) is 85.7 cm³/mol. The summed E-state index contributed by atoms with van der Waals surface area (Å²) in [7, 11) is 3.37. The molecule has 0 saturated carbocycles. The summed E-state index contributed by atoms with van der Waals surface area (Å²) in [4.78, 5) is 22.8. The third-order valence-electron chi connectivity index (χ3n) is 4.35. The molecule has 1 amide bonds. The van der Waals surface area contributed by atoms with Crippen LogP contribution in [-0.4, -0.2) is 34.9 Å². The van der Waals surface area contributed by atoms with E-state index in [9.17, 15) is 4.79 Å². The van der Waals surface area contributed by atoms with Crippen molar-refractivity contribution in [3.8, 4) is 5.75 Å². The van der Waals surface area contributed by atoms with Crippen molar-refractivity contribution in [1.29, 1.82) is 0 Å². The highest BCUT2D eigenvalue weighted by Crippen LogP contribution is 2.40. The quantitative estimate of drug-likeness (QED) is 0.918. The molecule has 6 heteroatoms. The first-order valence-corrected chi connectivity index (χ1v) is 7.52. The second-order valence-electron chi connectivity index (χ2n) is 5.82. The van der Waals surface area contributed by atoms with Crippen LogP contribution in [0.25, 0.3) is 0 Å². The van der Waals surface area contributed by atoms with Crippen molar-refractivity contribution in [2.75, 3.05) is 14.2 Å². The van der Waals surface area contributed by atoms with Gasteiger partial charge in [0.05, 0.1) is 25.5 Å². The number of hydrogen-bond acceptors (Lipinski definition) is 5. The number of amides is 1. The van der Waals surface area contributed by atoms with E-state index in [0.717, 1.165) is 29.0 Å². The molecule has 120 valence electrons. The molecule has 2 N–H and O–H groups in total. The standard InChI is InChI=1S/C17H20N4O2/c1-21(11-12-10-19-8-9-20-12)16(22)17(18)7-6-13-14(17)4-3-5-15(13)23-2/h3-5,8-10H,6-7,11,18H2,1-2H3/t17-/m1/s1. The maximum atomic E-state index is 12.9. The lowest BCUT2D eigenvalue weighted by Crippen LogP contribution is -2.50. The summed E-state index contributed by atoms with van der Waals surface area (Å²) in [6.07, 6.45) is 6.18. The number of methoxy groups -OCH3 is 1. The van der Waals surface area contributed by atoms with Crippen LogP contribution in [0.4, 0.5) is 0 Å². The van der Waals surface area contributed by atoms with E-state index >= 15 is 0 Å². The first kappa shape index (κ1) is 15.4. The Kier molecular flexibility index (Phi) is 4.00. The lowest BCUT2D eigenvalue weighted by molar-refractivity contribution is -0.136. The molecule has 0 aliphatic heterocycles. The normalized spacial score (nSPS) is 19.3. The van der Waals surface area contributed by atoms with Crippen molar-refractivity contribution in [1.82, 2.24) is 14.9 Å². The Hall–Kier alpha value is -2.47. The first-order chi connectivity index (χ1) is 11.1. The van der Waals surface area contributed by atoms with E-state index in [2.05, 4.69) is 9.97 Å². The van der Waals surface area contributed by atoms with Gasteiger partial charge in [0, 0.05) is 19.4 Å². The number of hydrogen-bond donors (Lipinski definition) is 1. The molecule has 1 heterocycles. The molecule has 0 saturated heterocycles. The number of ether oxygens (including phenoxy) is 1. The zero-order valence-electron chi connectivity index (χ0n) is 13.3. The van der Waals surface area contributed by atoms with Crippen LogP contribution in [0.15, 0.2) is 36.8 Å². The van der Waals surface area contributed by atoms with Gasteiger partial charge in [-0.15, -0.1) is 0 Å². The Labute approximate surface area is 135 Å². The van der Waals surface area contributed by atoms with E-state index in [1.54, 1.807) is 37.6 Å². The average Bonchev–Trinajstić information content (AvgIpc) is 2.93. The summed E-state index contributed by atoms with van der Waals surface area (Å²) in [5, 5.41) is 0. The van der Waals surface area contributed by atoms with Crippen LogP contribution >= 0.6 is 0 Å². The Bertz CT molecular complexity index is 720. The minimum atomic E-state index is -1.01. The second kappa shape index (κ2) is 5.96. The largest absolute Gasteiger partial charge is 0.496 e. The van der Waals surface area contributed by atoms with Crippen molar-refractivity contribution < 1.29 is 9.53 Å². The summed E-state index contributed by atoms with van der Waals surface area (Å²) in [6, 6.07) is 5.69. The van der Waals surface area contributed by atoms with E-state index in [1.165, 1.54) is 0 Å². The van der Waals surface area contributed by atoms with Crippen molar-refractivity contribution in [3.05, 3.63) is 53.6 Å². The molecule has 0 radical (unpaired) electrons. The molecule has 2 aromatic rings. The smallest absolute Gasteiger partial charge is 0.247 e. The molecule has 23 heavy (non-hydrogen) atoms. The van der Waals surface area contributed by atoms with Crippen LogP contribution in [0.2, 0.25) is 0 Å². The highest BCUT2D eigenvalue weighted by molar-refractivity contribution is 5.89. The van der Waals surface area contributed by atoms with Crippen LogP contribution < -0.4 is 10.5 Å². The van der Waals surface area contributed by atoms with Crippen LogP contribution in [0.3, 0.4) is 0 Å². The third kappa shape index (κ3) is 2.66. The van der Waals surface area contributed by atoms with Gasteiger partial charge in [0.25, 0.3) is 0 Å². The number of likely N-dealkylation sites (N-methyl/N-ethyl adjacent to an activating group) is 1. The molecule has 0 unspecified atom stereocenters. The Balaban J connectivity index is 1.86. The van der Waals surface area contributed by atoms with Gasteiger partial charge in [0.2, 0.25) is 5.91 Å². The monoisotopic (exact) mass is 312 g/mol. The molecule has 1 aromatic carbocycles. The Morgan fingerprint density at radius 2 is 2.26 bits per heavy atom. The van der Waals surface area contributed by atoms with Gasteiger partial charge >= 0.3 is 0 Å². The first-order valence-electron chi connectivity index (χ1n) is 7.52. The van der Waals surface area contributed by atoms with Crippen LogP contribution in [0.1, 0.15) is 23.2 Å². The number of nitrogens with zero attached hydrogens (tertiary/aromatic N) is 3. The average molecular weight is 312 g/mol. The summed E-state index contributed by atoms with van der Waals surface area (Å²) in [5.74, 6) is 0.675. The van der Waals surface area contributed by atoms with Gasteiger partial charge in [-0.1, -0.05) is 12.1 Å². The minimum absolute atomic E-state index is 0.116. The van der Waals surface area contributed by atoms with Gasteiger partial charge in [-0.2, -0.15) is 0 Å². The summed E-state index contributed by atoms with van der Waals surface area (Å²) >= 11 is 0. The van der Waals surface area contributed by atoms with Crippen molar-refractivity contribution >= 4 is 5.91 Å². The highest BCUT2D eigenvalue weighted by atomic mass is 16.5. The number of fused-ring (bicyclic) bond motifs is 1. The number of carbonyl (C=O) groups excluding carboxylic acids is 1. The van der Waals surface area contributed by atoms with Crippen LogP contribution in [0.5, 0.6) is 5.75 Å². The van der Waals surface area contributed by atoms with Gasteiger partial charge in [0.1, 0.15) is 11.3 Å². The molecule has 1 aliphatic rings. The minimum Gasteiger partial charge on any atom is -0.496 e. The van der Waals surface area contributed by atoms with Gasteiger partial charge in [-0.3, -0.25) is 14.8 Å². The SMILES string of the molecule is COc1cccc2c1CC[C@]2(N)C(=O)N(C)Cc1cnccn1. The van der Waals surface area contributed by atoms with Gasteiger partial charge in [-0.25, -0.2) is 0 Å². The zero-order chi connectivity index (χ0) is 16.4. The number of nitrogens with two attached hydrogens (primary N) is 1. The molecule has 6 nitrogen and oxygen atoms in total. The molecular weight excluding hydrogens is 292 g/mol. The van der Waals surface area contributed by atoms with Gasteiger partial charge in [0.15, 0.2) is 0 Å². The van der Waals surface area contributed by atoms with Gasteiger partial charge in [-0.05, 0) is 30.0 Å².